The van der Waals surface area contributed by atoms with Crippen molar-refractivity contribution in [1.29, 1.82) is 0 Å². The third-order valence-electron chi connectivity index (χ3n) is 3.04. The molecule has 1 N–H and O–H groups in total. The summed E-state index contributed by atoms with van der Waals surface area (Å²) in [4.78, 5) is 22.9. The van der Waals surface area contributed by atoms with E-state index in [4.69, 9.17) is 0 Å². The number of amides is 1. The highest BCUT2D eigenvalue weighted by atomic mass is 16.1. The van der Waals surface area contributed by atoms with E-state index in [2.05, 4.69) is 5.32 Å². The Morgan fingerprint density at radius 3 is 2.26 bits per heavy atom. The zero-order valence-corrected chi connectivity index (χ0v) is 11.3. The van der Waals surface area contributed by atoms with Crippen LogP contribution in [-0.2, 0) is 4.79 Å². The van der Waals surface area contributed by atoms with Crippen molar-refractivity contribution in [3.63, 3.8) is 0 Å². The van der Waals surface area contributed by atoms with Crippen LogP contribution in [0.15, 0.2) is 36.4 Å². The molecule has 2 aromatic rings. The van der Waals surface area contributed by atoms with Gasteiger partial charge in [0.1, 0.15) is 0 Å². The number of anilines is 1. The van der Waals surface area contributed by atoms with Gasteiger partial charge >= 0.3 is 6.41 Å². The van der Waals surface area contributed by atoms with Crippen molar-refractivity contribution in [2.24, 2.45) is 5.41 Å². The molecule has 19 heavy (non-hydrogen) atoms. The van der Waals surface area contributed by atoms with Gasteiger partial charge in [0.05, 0.1) is 0 Å². The van der Waals surface area contributed by atoms with Gasteiger partial charge in [-0.2, -0.15) is 0 Å². The maximum atomic E-state index is 12.5. The molecule has 1 radical (unpaired) electrons. The first-order valence-electron chi connectivity index (χ1n) is 6.15. The Bertz CT molecular complexity index is 639. The van der Waals surface area contributed by atoms with Crippen LogP contribution in [0.2, 0.25) is 0 Å². The molecule has 0 heterocycles. The van der Waals surface area contributed by atoms with E-state index in [9.17, 15) is 9.59 Å². The van der Waals surface area contributed by atoms with Crippen molar-refractivity contribution in [3.8, 4) is 0 Å². The number of nitrogens with one attached hydrogen (secondary N) is 1. The molecule has 2 rings (SSSR count). The fourth-order valence-corrected chi connectivity index (χ4v) is 2.07. The lowest BCUT2D eigenvalue weighted by atomic mass is 9.84. The van der Waals surface area contributed by atoms with Crippen molar-refractivity contribution in [3.05, 3.63) is 42.0 Å². The van der Waals surface area contributed by atoms with Crippen molar-refractivity contribution in [2.45, 2.75) is 20.8 Å². The fourth-order valence-electron chi connectivity index (χ4n) is 2.07. The summed E-state index contributed by atoms with van der Waals surface area (Å²) in [6, 6.07) is 11.0. The molecule has 2 aromatic carbocycles. The van der Waals surface area contributed by atoms with E-state index in [1.165, 1.54) is 0 Å². The molecule has 0 unspecified atom stereocenters. The van der Waals surface area contributed by atoms with Gasteiger partial charge in [0, 0.05) is 22.1 Å². The summed E-state index contributed by atoms with van der Waals surface area (Å²) in [5, 5.41) is 4.24. The first kappa shape index (κ1) is 13.3. The van der Waals surface area contributed by atoms with Gasteiger partial charge in [-0.05, 0) is 17.5 Å². The maximum Gasteiger partial charge on any atom is 0.314 e. The van der Waals surface area contributed by atoms with Gasteiger partial charge in [-0.3, -0.25) is 9.59 Å². The Labute approximate surface area is 112 Å². The number of Topliss-reactive ketones (excluding diaryl/α,β-unsaturated/α-hetero) is 1. The van der Waals surface area contributed by atoms with Crippen molar-refractivity contribution in [2.75, 3.05) is 5.32 Å². The summed E-state index contributed by atoms with van der Waals surface area (Å²) in [7, 11) is 0. The third-order valence-corrected chi connectivity index (χ3v) is 3.04. The summed E-state index contributed by atoms with van der Waals surface area (Å²) >= 11 is 0. The molecule has 0 saturated carbocycles. The van der Waals surface area contributed by atoms with Crippen molar-refractivity contribution in [1.82, 2.24) is 0 Å². The Balaban J connectivity index is 2.68. The molecule has 0 aromatic heterocycles. The van der Waals surface area contributed by atoms with E-state index < -0.39 is 5.41 Å². The molecule has 0 bridgehead atoms. The van der Waals surface area contributed by atoms with Gasteiger partial charge in [-0.15, -0.1) is 0 Å². The highest BCUT2D eigenvalue weighted by Crippen LogP contribution is 2.30. The van der Waals surface area contributed by atoms with Gasteiger partial charge < -0.3 is 5.32 Å². The number of hydrogen-bond donors (Lipinski definition) is 1. The number of ketones is 1. The first-order chi connectivity index (χ1) is 8.95. The van der Waals surface area contributed by atoms with E-state index in [1.54, 1.807) is 18.5 Å². The Morgan fingerprint density at radius 1 is 1.05 bits per heavy atom. The number of rotatable bonds is 3. The minimum Gasteiger partial charge on any atom is -0.317 e. The summed E-state index contributed by atoms with van der Waals surface area (Å²) < 4.78 is 0. The van der Waals surface area contributed by atoms with Crippen LogP contribution in [0.25, 0.3) is 10.8 Å². The molecule has 97 valence electrons. The quantitative estimate of drug-likeness (QED) is 0.672. The SMILES string of the molecule is CC(C)(C)C(=O)c1ccc(N[C]=O)c2ccccc12. The summed E-state index contributed by atoms with van der Waals surface area (Å²) in [6.45, 7) is 5.69. The number of benzene rings is 2. The van der Waals surface area contributed by atoms with Crippen LogP contribution in [0, 0.1) is 5.41 Å². The van der Waals surface area contributed by atoms with Crippen LogP contribution in [0.5, 0.6) is 0 Å². The lowest BCUT2D eigenvalue weighted by Gasteiger charge is -2.18. The number of fused-ring (bicyclic) bond motifs is 1. The molecule has 3 nitrogen and oxygen atoms in total. The van der Waals surface area contributed by atoms with Crippen LogP contribution in [0.1, 0.15) is 31.1 Å². The average molecular weight is 254 g/mol. The second-order valence-electron chi connectivity index (χ2n) is 5.51. The molecular weight excluding hydrogens is 238 g/mol. The second-order valence-corrected chi connectivity index (χ2v) is 5.51. The average Bonchev–Trinajstić information content (AvgIpc) is 2.37. The van der Waals surface area contributed by atoms with Gasteiger partial charge in [0.2, 0.25) is 0 Å². The molecule has 0 spiro atoms. The number of carbonyl (C=O) groups is 1. The van der Waals surface area contributed by atoms with E-state index in [0.29, 0.717) is 11.3 Å². The zero-order valence-electron chi connectivity index (χ0n) is 11.3. The molecule has 1 amide bonds. The number of carbonyl (C=O) groups excluding carboxylic acids is 2. The smallest absolute Gasteiger partial charge is 0.314 e. The van der Waals surface area contributed by atoms with Gasteiger partial charge in [-0.1, -0.05) is 45.0 Å². The summed E-state index contributed by atoms with van der Waals surface area (Å²) in [5.74, 6) is 0.0883. The van der Waals surface area contributed by atoms with Crippen molar-refractivity contribution >= 4 is 28.7 Å². The molecule has 0 atom stereocenters. The fraction of sp³-hybridized carbons (Fsp3) is 0.250. The molecular formula is C16H16NO2. The predicted molar refractivity (Wildman–Crippen MR) is 77.0 cm³/mol. The normalized spacial score (nSPS) is 11.3. The molecule has 0 aliphatic rings. The van der Waals surface area contributed by atoms with Crippen LogP contribution in [0.4, 0.5) is 5.69 Å². The minimum absolute atomic E-state index is 0.0883. The molecule has 3 heteroatoms. The minimum atomic E-state index is -0.436. The summed E-state index contributed by atoms with van der Waals surface area (Å²) in [6.07, 6.45) is 1.67. The molecule has 0 aliphatic carbocycles. The highest BCUT2D eigenvalue weighted by Gasteiger charge is 2.24. The van der Waals surface area contributed by atoms with Crippen molar-refractivity contribution < 1.29 is 9.59 Å². The van der Waals surface area contributed by atoms with Crippen LogP contribution < -0.4 is 5.32 Å². The predicted octanol–water partition coefficient (Wildman–Crippen LogP) is 3.55. The van der Waals surface area contributed by atoms with Gasteiger partial charge in [-0.25, -0.2) is 0 Å². The Kier molecular flexibility index (Phi) is 3.38. The zero-order chi connectivity index (χ0) is 14.0. The van der Waals surface area contributed by atoms with E-state index in [0.717, 1.165) is 10.8 Å². The standard InChI is InChI=1S/C16H16NO2/c1-16(2,3)15(19)13-8-9-14(17-10-18)12-7-5-4-6-11(12)13/h4-9H,1-3H3,(H,17,18). The van der Waals surface area contributed by atoms with Crippen LogP contribution in [-0.4, -0.2) is 12.2 Å². The monoisotopic (exact) mass is 254 g/mol. The summed E-state index contributed by atoms with van der Waals surface area (Å²) in [5.41, 5.74) is 0.907. The lowest BCUT2D eigenvalue weighted by molar-refractivity contribution is 0.0860. The first-order valence-corrected chi connectivity index (χ1v) is 6.15. The lowest BCUT2D eigenvalue weighted by Crippen LogP contribution is -2.20. The number of hydrogen-bond acceptors (Lipinski definition) is 2. The molecule has 0 fully saturated rings. The van der Waals surface area contributed by atoms with E-state index in [1.807, 2.05) is 45.0 Å². The highest BCUT2D eigenvalue weighted by molar-refractivity contribution is 6.13. The van der Waals surface area contributed by atoms with E-state index >= 15 is 0 Å². The largest absolute Gasteiger partial charge is 0.317 e. The second kappa shape index (κ2) is 4.84. The topological polar surface area (TPSA) is 46.2 Å². The maximum absolute atomic E-state index is 12.5. The van der Waals surface area contributed by atoms with Crippen LogP contribution in [0.3, 0.4) is 0 Å². The molecule has 0 aliphatic heterocycles. The van der Waals surface area contributed by atoms with Gasteiger partial charge in [0.25, 0.3) is 0 Å². The van der Waals surface area contributed by atoms with Gasteiger partial charge in [0.15, 0.2) is 5.78 Å². The Hall–Kier alpha value is -2.16. The third kappa shape index (κ3) is 2.50. The molecule has 0 saturated heterocycles. The van der Waals surface area contributed by atoms with E-state index in [-0.39, 0.29) is 5.78 Å². The van der Waals surface area contributed by atoms with Crippen LogP contribution >= 0.6 is 0 Å². The Morgan fingerprint density at radius 2 is 1.68 bits per heavy atom.